The summed E-state index contributed by atoms with van der Waals surface area (Å²) in [5.41, 5.74) is 11.0. The van der Waals surface area contributed by atoms with Crippen LogP contribution in [-0.4, -0.2) is 18.8 Å². The van der Waals surface area contributed by atoms with Crippen molar-refractivity contribution in [2.45, 2.75) is 13.3 Å². The summed E-state index contributed by atoms with van der Waals surface area (Å²) in [6, 6.07) is 3.34. The molecule has 0 heterocycles. The Morgan fingerprint density at radius 1 is 1.33 bits per heavy atom. The van der Waals surface area contributed by atoms with Gasteiger partial charge in [0.1, 0.15) is 0 Å². The molecule has 7 heteroatoms. The molecule has 5 nitrogen and oxygen atoms in total. The molecule has 0 aliphatic rings. The third-order valence-electron chi connectivity index (χ3n) is 1.85. The summed E-state index contributed by atoms with van der Waals surface area (Å²) in [5, 5.41) is 7.98. The number of nitrogens with zero attached hydrogens (tertiary/aromatic N) is 2. The fourth-order valence-corrected chi connectivity index (χ4v) is 1.77. The number of benzene rings is 1. The van der Waals surface area contributed by atoms with Crippen LogP contribution in [0.4, 0.5) is 0 Å². The number of rotatable bonds is 5. The summed E-state index contributed by atoms with van der Waals surface area (Å²) >= 11 is 12.1. The van der Waals surface area contributed by atoms with Crippen LogP contribution in [0.15, 0.2) is 22.3 Å². The number of hydrogen-bond acceptors (Lipinski definition) is 3. The molecule has 1 aromatic carbocycles. The lowest BCUT2D eigenvalue weighted by molar-refractivity contribution is 0.318. The molecule has 0 radical (unpaired) electrons. The Morgan fingerprint density at radius 2 is 1.94 bits per heavy atom. The zero-order valence-electron chi connectivity index (χ0n) is 9.86. The van der Waals surface area contributed by atoms with Gasteiger partial charge in [0, 0.05) is 0 Å². The smallest absolute Gasteiger partial charge is 0.211 e. The van der Waals surface area contributed by atoms with Crippen molar-refractivity contribution >= 4 is 35.4 Å². The fourth-order valence-electron chi connectivity index (χ4n) is 1.16. The second-order valence-corrected chi connectivity index (χ2v) is 4.25. The molecule has 0 atom stereocenters. The Labute approximate surface area is 115 Å². The van der Waals surface area contributed by atoms with Gasteiger partial charge in [-0.15, -0.1) is 5.10 Å². The van der Waals surface area contributed by atoms with Gasteiger partial charge in [-0.1, -0.05) is 30.1 Å². The van der Waals surface area contributed by atoms with Crippen LogP contribution in [0.3, 0.4) is 0 Å². The molecule has 1 aromatic rings. The zero-order chi connectivity index (χ0) is 13.5. The Balaban J connectivity index is 2.92. The molecular weight excluding hydrogens is 275 g/mol. The summed E-state index contributed by atoms with van der Waals surface area (Å²) in [6.07, 6.45) is 2.32. The summed E-state index contributed by atoms with van der Waals surface area (Å²) in [7, 11) is 0. The Kier molecular flexibility index (Phi) is 5.74. The van der Waals surface area contributed by atoms with Crippen molar-refractivity contribution in [3.05, 3.63) is 27.7 Å². The summed E-state index contributed by atoms with van der Waals surface area (Å²) in [4.78, 5) is 0. The van der Waals surface area contributed by atoms with Gasteiger partial charge in [0.25, 0.3) is 0 Å². The first kappa shape index (κ1) is 14.6. The van der Waals surface area contributed by atoms with Crippen molar-refractivity contribution in [3.8, 4) is 5.75 Å². The van der Waals surface area contributed by atoms with Crippen molar-refractivity contribution in [1.82, 2.24) is 0 Å². The van der Waals surface area contributed by atoms with Crippen LogP contribution in [-0.2, 0) is 0 Å². The Morgan fingerprint density at radius 3 is 2.44 bits per heavy atom. The highest BCUT2D eigenvalue weighted by Gasteiger charge is 2.08. The van der Waals surface area contributed by atoms with E-state index in [-0.39, 0.29) is 5.96 Å². The third kappa shape index (κ3) is 4.43. The Hall–Kier alpha value is -1.46. The molecule has 0 fully saturated rings. The third-order valence-corrected chi connectivity index (χ3v) is 2.41. The van der Waals surface area contributed by atoms with E-state index in [1.54, 1.807) is 12.1 Å². The van der Waals surface area contributed by atoms with E-state index in [1.807, 2.05) is 6.92 Å². The van der Waals surface area contributed by atoms with Gasteiger partial charge in [-0.2, -0.15) is 5.10 Å². The molecule has 0 bridgehead atoms. The van der Waals surface area contributed by atoms with E-state index in [4.69, 9.17) is 39.4 Å². The molecule has 4 N–H and O–H groups in total. The first-order valence-electron chi connectivity index (χ1n) is 5.28. The SMILES string of the molecule is CCCOc1c(Cl)cc(/C=N\N=C(N)N)cc1Cl. The lowest BCUT2D eigenvalue weighted by Crippen LogP contribution is -2.21. The minimum absolute atomic E-state index is 0.119. The molecule has 18 heavy (non-hydrogen) atoms. The van der Waals surface area contributed by atoms with Crippen LogP contribution in [0, 0.1) is 0 Å². The minimum atomic E-state index is -0.119. The van der Waals surface area contributed by atoms with Gasteiger partial charge in [0.2, 0.25) is 5.96 Å². The maximum Gasteiger partial charge on any atom is 0.211 e. The van der Waals surface area contributed by atoms with Crippen LogP contribution >= 0.6 is 23.2 Å². The molecular formula is C11H14Cl2N4O. The minimum Gasteiger partial charge on any atom is -0.490 e. The maximum absolute atomic E-state index is 6.06. The predicted octanol–water partition coefficient (Wildman–Crippen LogP) is 2.39. The fraction of sp³-hybridized carbons (Fsp3) is 0.273. The lowest BCUT2D eigenvalue weighted by atomic mass is 10.2. The molecule has 0 unspecified atom stereocenters. The number of ether oxygens (including phenoxy) is 1. The largest absolute Gasteiger partial charge is 0.490 e. The van der Waals surface area contributed by atoms with Crippen molar-refractivity contribution < 1.29 is 4.74 Å². The predicted molar refractivity (Wildman–Crippen MR) is 75.7 cm³/mol. The highest BCUT2D eigenvalue weighted by molar-refractivity contribution is 6.37. The molecule has 0 spiro atoms. The van der Waals surface area contributed by atoms with Crippen LogP contribution in [0.25, 0.3) is 0 Å². The molecule has 1 rings (SSSR count). The average Bonchev–Trinajstić information content (AvgIpc) is 2.27. The summed E-state index contributed by atoms with van der Waals surface area (Å²) < 4.78 is 5.44. The van der Waals surface area contributed by atoms with E-state index < -0.39 is 0 Å². The van der Waals surface area contributed by atoms with Gasteiger partial charge < -0.3 is 16.2 Å². The van der Waals surface area contributed by atoms with Crippen molar-refractivity contribution in [1.29, 1.82) is 0 Å². The normalized spacial score (nSPS) is 10.6. The first-order chi connectivity index (χ1) is 8.54. The van der Waals surface area contributed by atoms with Crippen molar-refractivity contribution in [2.75, 3.05) is 6.61 Å². The quantitative estimate of drug-likeness (QED) is 0.495. The van der Waals surface area contributed by atoms with Gasteiger partial charge >= 0.3 is 0 Å². The van der Waals surface area contributed by atoms with Crippen LogP contribution < -0.4 is 16.2 Å². The highest BCUT2D eigenvalue weighted by atomic mass is 35.5. The molecule has 98 valence electrons. The van der Waals surface area contributed by atoms with E-state index in [0.717, 1.165) is 6.42 Å². The summed E-state index contributed by atoms with van der Waals surface area (Å²) in [6.45, 7) is 2.55. The molecule has 0 aliphatic heterocycles. The number of halogens is 2. The molecule has 0 amide bonds. The first-order valence-corrected chi connectivity index (χ1v) is 6.04. The summed E-state index contributed by atoms with van der Waals surface area (Å²) in [5.74, 6) is 0.352. The molecule has 0 saturated carbocycles. The number of hydrogen-bond donors (Lipinski definition) is 2. The average molecular weight is 289 g/mol. The van der Waals surface area contributed by atoms with Crippen molar-refractivity contribution in [2.24, 2.45) is 21.7 Å². The van der Waals surface area contributed by atoms with E-state index in [1.165, 1.54) is 6.21 Å². The Bertz CT molecular complexity index is 447. The number of guanidine groups is 1. The maximum atomic E-state index is 6.06. The van der Waals surface area contributed by atoms with E-state index >= 15 is 0 Å². The monoisotopic (exact) mass is 288 g/mol. The van der Waals surface area contributed by atoms with Crippen molar-refractivity contribution in [3.63, 3.8) is 0 Å². The second-order valence-electron chi connectivity index (χ2n) is 3.43. The van der Waals surface area contributed by atoms with Gasteiger partial charge in [-0.3, -0.25) is 0 Å². The van der Waals surface area contributed by atoms with E-state index in [9.17, 15) is 0 Å². The molecule has 0 aliphatic carbocycles. The van der Waals surface area contributed by atoms with E-state index in [0.29, 0.717) is 28.0 Å². The standard InChI is InChI=1S/C11H14Cl2N4O/c1-2-3-18-10-8(12)4-7(5-9(10)13)6-16-17-11(14)15/h4-6H,2-3H2,1H3,(H4,14,15,17)/b16-6-. The zero-order valence-corrected chi connectivity index (χ0v) is 11.4. The van der Waals surface area contributed by atoms with Gasteiger partial charge in [-0.25, -0.2) is 0 Å². The highest BCUT2D eigenvalue weighted by Crippen LogP contribution is 2.33. The van der Waals surface area contributed by atoms with Gasteiger partial charge in [-0.05, 0) is 24.1 Å². The van der Waals surface area contributed by atoms with Crippen LogP contribution in [0.1, 0.15) is 18.9 Å². The second kappa shape index (κ2) is 7.08. The van der Waals surface area contributed by atoms with Gasteiger partial charge in [0.05, 0.1) is 22.9 Å². The van der Waals surface area contributed by atoms with Crippen LogP contribution in [0.2, 0.25) is 10.0 Å². The lowest BCUT2D eigenvalue weighted by Gasteiger charge is -2.09. The number of nitrogens with two attached hydrogens (primary N) is 2. The molecule has 0 aromatic heterocycles. The van der Waals surface area contributed by atoms with E-state index in [2.05, 4.69) is 10.2 Å². The topological polar surface area (TPSA) is 86.0 Å². The molecule has 0 saturated heterocycles. The van der Waals surface area contributed by atoms with Gasteiger partial charge in [0.15, 0.2) is 5.75 Å². The van der Waals surface area contributed by atoms with Crippen LogP contribution in [0.5, 0.6) is 5.75 Å².